The first-order chi connectivity index (χ1) is 9.36. The van der Waals surface area contributed by atoms with E-state index in [2.05, 4.69) is 22.0 Å². The zero-order valence-corrected chi connectivity index (χ0v) is 11.7. The lowest BCUT2D eigenvalue weighted by Crippen LogP contribution is -2.46. The third kappa shape index (κ3) is 2.98. The summed E-state index contributed by atoms with van der Waals surface area (Å²) >= 11 is 0. The highest BCUT2D eigenvalue weighted by Gasteiger charge is 2.33. The monoisotopic (exact) mass is 259 g/mol. The Labute approximate surface area is 116 Å². The average Bonchev–Trinajstić information content (AvgIpc) is 2.48. The number of piperidine rings is 1. The van der Waals surface area contributed by atoms with Gasteiger partial charge in [-0.15, -0.1) is 0 Å². The smallest absolute Gasteiger partial charge is 0.0547 e. The zero-order chi connectivity index (χ0) is 13.1. The van der Waals surface area contributed by atoms with Crippen molar-refractivity contribution in [2.24, 2.45) is 11.7 Å². The van der Waals surface area contributed by atoms with Crippen LogP contribution in [0.25, 0.3) is 0 Å². The Balaban J connectivity index is 1.70. The number of rotatable bonds is 3. The van der Waals surface area contributed by atoms with Crippen molar-refractivity contribution >= 4 is 0 Å². The summed E-state index contributed by atoms with van der Waals surface area (Å²) in [7, 11) is 0. The molecule has 19 heavy (non-hydrogen) atoms. The van der Waals surface area contributed by atoms with Gasteiger partial charge in [0.2, 0.25) is 0 Å². The molecule has 2 atom stereocenters. The van der Waals surface area contributed by atoms with E-state index in [1.54, 1.807) is 0 Å². The number of likely N-dealkylation sites (tertiary alicyclic amines) is 1. The number of nitrogens with zero attached hydrogens (tertiary/aromatic N) is 2. The van der Waals surface area contributed by atoms with E-state index in [1.807, 2.05) is 6.07 Å². The number of pyridine rings is 1. The van der Waals surface area contributed by atoms with Crippen molar-refractivity contribution in [2.75, 3.05) is 6.54 Å². The molecule has 104 valence electrons. The van der Waals surface area contributed by atoms with Gasteiger partial charge < -0.3 is 5.73 Å². The maximum Gasteiger partial charge on any atom is 0.0547 e. The molecule has 0 radical (unpaired) electrons. The Morgan fingerprint density at radius 2 is 1.89 bits per heavy atom. The lowest BCUT2D eigenvalue weighted by atomic mass is 9.78. The number of hydrogen-bond donors (Lipinski definition) is 1. The van der Waals surface area contributed by atoms with Gasteiger partial charge in [0.05, 0.1) is 11.4 Å². The fraction of sp³-hybridized carbons (Fsp3) is 0.688. The average molecular weight is 259 g/mol. The Hall–Kier alpha value is -0.930. The van der Waals surface area contributed by atoms with Crippen LogP contribution in [0.15, 0.2) is 18.2 Å². The highest BCUT2D eigenvalue weighted by atomic mass is 15.2. The van der Waals surface area contributed by atoms with Crippen molar-refractivity contribution in [3.05, 3.63) is 29.6 Å². The van der Waals surface area contributed by atoms with E-state index in [4.69, 9.17) is 5.73 Å². The normalized spacial score (nSPS) is 28.1. The summed E-state index contributed by atoms with van der Waals surface area (Å²) in [6.07, 6.45) is 8.48. The molecule has 3 rings (SSSR count). The molecule has 3 nitrogen and oxygen atoms in total. The lowest BCUT2D eigenvalue weighted by Gasteiger charge is -2.44. The van der Waals surface area contributed by atoms with E-state index in [0.717, 1.165) is 24.2 Å². The van der Waals surface area contributed by atoms with Crippen molar-refractivity contribution < 1.29 is 0 Å². The predicted molar refractivity (Wildman–Crippen MR) is 77.5 cm³/mol. The minimum atomic E-state index is 0.542. The molecule has 0 aromatic carbocycles. The van der Waals surface area contributed by atoms with Crippen molar-refractivity contribution in [1.29, 1.82) is 0 Å². The van der Waals surface area contributed by atoms with Crippen LogP contribution < -0.4 is 5.73 Å². The highest BCUT2D eigenvalue weighted by Crippen LogP contribution is 2.35. The Bertz CT molecular complexity index is 416. The van der Waals surface area contributed by atoms with Gasteiger partial charge in [0.1, 0.15) is 0 Å². The van der Waals surface area contributed by atoms with Gasteiger partial charge >= 0.3 is 0 Å². The molecule has 1 aliphatic heterocycles. The van der Waals surface area contributed by atoms with Crippen molar-refractivity contribution in [3.63, 3.8) is 0 Å². The van der Waals surface area contributed by atoms with E-state index in [9.17, 15) is 0 Å². The maximum absolute atomic E-state index is 5.68. The largest absolute Gasteiger partial charge is 0.325 e. The van der Waals surface area contributed by atoms with Gasteiger partial charge in [-0.25, -0.2) is 0 Å². The Morgan fingerprint density at radius 1 is 1.11 bits per heavy atom. The number of nitrogens with two attached hydrogens (primary N) is 1. The molecular weight excluding hydrogens is 234 g/mol. The lowest BCUT2D eigenvalue weighted by molar-refractivity contribution is 0.0537. The molecule has 2 heterocycles. The second kappa shape index (κ2) is 6.02. The van der Waals surface area contributed by atoms with E-state index in [-0.39, 0.29) is 0 Å². The molecule has 1 aromatic heterocycles. The fourth-order valence-electron chi connectivity index (χ4n) is 3.86. The molecule has 1 saturated heterocycles. The van der Waals surface area contributed by atoms with Crippen LogP contribution in [0.3, 0.4) is 0 Å². The molecule has 2 N–H and O–H groups in total. The molecule has 1 saturated carbocycles. The molecular formula is C16H25N3. The van der Waals surface area contributed by atoms with Gasteiger partial charge in [0.25, 0.3) is 0 Å². The Kier molecular flexibility index (Phi) is 4.14. The molecule has 0 spiro atoms. The maximum atomic E-state index is 5.68. The summed E-state index contributed by atoms with van der Waals surface area (Å²) < 4.78 is 0. The van der Waals surface area contributed by atoms with Gasteiger partial charge in [-0.2, -0.15) is 0 Å². The van der Waals surface area contributed by atoms with E-state index >= 15 is 0 Å². The third-order valence-electron chi connectivity index (χ3n) is 4.80. The van der Waals surface area contributed by atoms with Gasteiger partial charge in [-0.1, -0.05) is 18.9 Å². The van der Waals surface area contributed by atoms with Crippen molar-refractivity contribution in [2.45, 2.75) is 57.7 Å². The third-order valence-corrected chi connectivity index (χ3v) is 4.80. The summed E-state index contributed by atoms with van der Waals surface area (Å²) in [5, 5.41) is 0. The number of aromatic nitrogens is 1. The topological polar surface area (TPSA) is 42.1 Å². The summed E-state index contributed by atoms with van der Waals surface area (Å²) in [5.74, 6) is 0.945. The van der Waals surface area contributed by atoms with Crippen LogP contribution >= 0.6 is 0 Å². The van der Waals surface area contributed by atoms with Gasteiger partial charge in [-0.05, 0) is 50.3 Å². The summed E-state index contributed by atoms with van der Waals surface area (Å²) in [6.45, 7) is 2.80. The second-order valence-electron chi connectivity index (χ2n) is 6.05. The van der Waals surface area contributed by atoms with E-state index < -0.39 is 0 Å². The molecule has 0 amide bonds. The highest BCUT2D eigenvalue weighted by molar-refractivity contribution is 5.11. The second-order valence-corrected chi connectivity index (χ2v) is 6.05. The molecule has 3 heteroatoms. The van der Waals surface area contributed by atoms with Crippen LogP contribution in [0.1, 0.15) is 49.9 Å². The van der Waals surface area contributed by atoms with Crippen molar-refractivity contribution in [3.8, 4) is 0 Å². The van der Waals surface area contributed by atoms with Crippen LogP contribution in [-0.2, 0) is 13.1 Å². The van der Waals surface area contributed by atoms with Crippen molar-refractivity contribution in [1.82, 2.24) is 9.88 Å². The van der Waals surface area contributed by atoms with Crippen LogP contribution in [0.2, 0.25) is 0 Å². The van der Waals surface area contributed by atoms with Crippen LogP contribution in [0.4, 0.5) is 0 Å². The molecule has 0 bridgehead atoms. The zero-order valence-electron chi connectivity index (χ0n) is 11.7. The van der Waals surface area contributed by atoms with Crippen LogP contribution in [0.5, 0.6) is 0 Å². The quantitative estimate of drug-likeness (QED) is 0.907. The number of hydrogen-bond acceptors (Lipinski definition) is 3. The first kappa shape index (κ1) is 13.1. The molecule has 1 aliphatic carbocycles. The SMILES string of the molecule is NCc1cccc(CN2CCCC3CCCCC32)n1. The Morgan fingerprint density at radius 3 is 2.79 bits per heavy atom. The van der Waals surface area contributed by atoms with E-state index in [1.165, 1.54) is 50.8 Å². The number of fused-ring (bicyclic) bond motifs is 1. The molecule has 2 aliphatic rings. The summed E-state index contributed by atoms with van der Waals surface area (Å²) in [4.78, 5) is 7.33. The minimum Gasteiger partial charge on any atom is -0.325 e. The first-order valence-electron chi connectivity index (χ1n) is 7.76. The molecule has 1 aromatic rings. The van der Waals surface area contributed by atoms with E-state index in [0.29, 0.717) is 6.54 Å². The summed E-state index contributed by atoms with van der Waals surface area (Å²) in [6, 6.07) is 7.06. The standard InChI is InChI=1S/C16H25N3/c17-11-14-7-3-8-15(18-14)12-19-10-4-6-13-5-1-2-9-16(13)19/h3,7-8,13,16H,1-2,4-6,9-12,17H2. The van der Waals surface area contributed by atoms with Crippen LogP contribution in [-0.4, -0.2) is 22.5 Å². The van der Waals surface area contributed by atoms with Crippen LogP contribution in [0, 0.1) is 5.92 Å². The van der Waals surface area contributed by atoms with Gasteiger partial charge in [0, 0.05) is 19.1 Å². The summed E-state index contributed by atoms with van der Waals surface area (Å²) in [5.41, 5.74) is 7.88. The first-order valence-corrected chi connectivity index (χ1v) is 7.76. The fourth-order valence-corrected chi connectivity index (χ4v) is 3.86. The molecule has 2 unspecified atom stereocenters. The van der Waals surface area contributed by atoms with Gasteiger partial charge in [-0.3, -0.25) is 9.88 Å². The molecule has 2 fully saturated rings. The minimum absolute atomic E-state index is 0.542. The van der Waals surface area contributed by atoms with Gasteiger partial charge in [0.15, 0.2) is 0 Å². The predicted octanol–water partition coefficient (Wildman–Crippen LogP) is 2.69.